The maximum atomic E-state index is 13.3. The first kappa shape index (κ1) is 15.0. The van der Waals surface area contributed by atoms with Crippen LogP contribution >= 0.6 is 0 Å². The molecule has 0 aliphatic heterocycles. The summed E-state index contributed by atoms with van der Waals surface area (Å²) in [6.45, 7) is 1.98. The molecule has 0 heterocycles. The van der Waals surface area contributed by atoms with Crippen molar-refractivity contribution in [3.63, 3.8) is 0 Å². The van der Waals surface area contributed by atoms with Gasteiger partial charge in [0.05, 0.1) is 0 Å². The maximum Gasteiger partial charge on any atom is 0.243 e. The highest BCUT2D eigenvalue weighted by Gasteiger charge is 2.18. The smallest absolute Gasteiger partial charge is 0.243 e. The molecule has 0 bridgehead atoms. The fraction of sp³-hybridized carbons (Fsp3) is 0.455. The van der Waals surface area contributed by atoms with Crippen LogP contribution < -0.4 is 10.5 Å². The third-order valence-corrected chi connectivity index (χ3v) is 3.81. The van der Waals surface area contributed by atoms with Crippen molar-refractivity contribution >= 4 is 10.0 Å². The Morgan fingerprint density at radius 3 is 2.61 bits per heavy atom. The molecule has 3 N–H and O–H groups in total. The lowest BCUT2D eigenvalue weighted by Crippen LogP contribution is -2.27. The summed E-state index contributed by atoms with van der Waals surface area (Å²) in [4.78, 5) is -0.551. The van der Waals surface area contributed by atoms with Crippen LogP contribution in [0.15, 0.2) is 23.1 Å². The van der Waals surface area contributed by atoms with Crippen molar-refractivity contribution < 1.29 is 17.2 Å². The topological polar surface area (TPSA) is 72.2 Å². The summed E-state index contributed by atoms with van der Waals surface area (Å²) in [7, 11) is -3.94. The number of halogens is 2. The molecular weight excluding hydrogens is 262 g/mol. The van der Waals surface area contributed by atoms with E-state index < -0.39 is 26.6 Å². The van der Waals surface area contributed by atoms with E-state index >= 15 is 0 Å². The Bertz CT molecular complexity index is 504. The second-order valence-electron chi connectivity index (χ2n) is 4.09. The fourth-order valence-corrected chi connectivity index (χ4v) is 2.53. The molecule has 1 aromatic carbocycles. The molecular formula is C11H16F2N2O2S. The number of rotatable bonds is 6. The molecule has 0 aromatic heterocycles. The van der Waals surface area contributed by atoms with Crippen LogP contribution in [0.4, 0.5) is 8.78 Å². The Kier molecular flexibility index (Phi) is 5.18. The quantitative estimate of drug-likeness (QED) is 0.772. The van der Waals surface area contributed by atoms with Crippen molar-refractivity contribution in [2.45, 2.75) is 30.7 Å². The highest BCUT2D eigenvalue weighted by Crippen LogP contribution is 2.15. The minimum absolute atomic E-state index is 0.0166. The van der Waals surface area contributed by atoms with E-state index in [2.05, 4.69) is 4.72 Å². The third kappa shape index (κ3) is 4.32. The summed E-state index contributed by atoms with van der Waals surface area (Å²) >= 11 is 0. The molecule has 1 unspecified atom stereocenters. The van der Waals surface area contributed by atoms with Crippen molar-refractivity contribution in [1.29, 1.82) is 0 Å². The molecule has 0 aliphatic carbocycles. The molecule has 0 aliphatic rings. The van der Waals surface area contributed by atoms with Crippen molar-refractivity contribution in [1.82, 2.24) is 4.72 Å². The zero-order valence-corrected chi connectivity index (χ0v) is 10.8. The molecule has 7 heteroatoms. The predicted octanol–water partition coefficient (Wildman–Crippen LogP) is 1.37. The summed E-state index contributed by atoms with van der Waals surface area (Å²) in [5, 5.41) is 0. The van der Waals surface area contributed by atoms with E-state index in [1.807, 2.05) is 6.92 Å². The summed E-state index contributed by atoms with van der Waals surface area (Å²) in [6, 6.07) is 2.33. The number of hydrogen-bond donors (Lipinski definition) is 2. The van der Waals surface area contributed by atoms with Gasteiger partial charge in [0.1, 0.15) is 16.5 Å². The predicted molar refractivity (Wildman–Crippen MR) is 64.4 cm³/mol. The number of sulfonamides is 1. The molecule has 4 nitrogen and oxygen atoms in total. The minimum Gasteiger partial charge on any atom is -0.328 e. The van der Waals surface area contributed by atoms with E-state index in [0.29, 0.717) is 18.9 Å². The zero-order valence-electron chi connectivity index (χ0n) is 9.99. The average Bonchev–Trinajstić information content (AvgIpc) is 2.23. The molecule has 0 amide bonds. The molecule has 0 saturated heterocycles. The lowest BCUT2D eigenvalue weighted by molar-refractivity contribution is 0.539. The summed E-state index contributed by atoms with van der Waals surface area (Å²) in [5.74, 6) is -1.92. The molecule has 1 aromatic rings. The summed E-state index contributed by atoms with van der Waals surface area (Å²) < 4.78 is 51.6. The van der Waals surface area contributed by atoms with Crippen LogP contribution in [-0.2, 0) is 10.0 Å². The molecule has 18 heavy (non-hydrogen) atoms. The van der Waals surface area contributed by atoms with Gasteiger partial charge in [-0.1, -0.05) is 0 Å². The normalized spacial score (nSPS) is 13.6. The average molecular weight is 278 g/mol. The van der Waals surface area contributed by atoms with Crippen LogP contribution in [-0.4, -0.2) is 21.0 Å². The second-order valence-corrected chi connectivity index (χ2v) is 5.83. The Hall–Kier alpha value is -1.05. The van der Waals surface area contributed by atoms with Crippen molar-refractivity contribution in [2.75, 3.05) is 6.54 Å². The highest BCUT2D eigenvalue weighted by molar-refractivity contribution is 7.89. The Balaban J connectivity index is 2.69. The number of benzene rings is 1. The van der Waals surface area contributed by atoms with Gasteiger partial charge in [0.2, 0.25) is 10.0 Å². The van der Waals surface area contributed by atoms with E-state index in [-0.39, 0.29) is 12.6 Å². The standard InChI is InChI=1S/C11H16F2N2O2S/c1-8(14)3-2-6-15-18(16,17)11-5-4-9(12)7-10(11)13/h4-5,7-8,15H,2-3,6,14H2,1H3. The Morgan fingerprint density at radius 1 is 1.39 bits per heavy atom. The Morgan fingerprint density at radius 2 is 2.06 bits per heavy atom. The van der Waals surface area contributed by atoms with Gasteiger partial charge in [-0.3, -0.25) is 0 Å². The molecule has 0 spiro atoms. The van der Waals surface area contributed by atoms with Gasteiger partial charge in [0, 0.05) is 18.7 Å². The molecule has 102 valence electrons. The molecule has 0 radical (unpaired) electrons. The van der Waals surface area contributed by atoms with Crippen molar-refractivity contribution in [3.05, 3.63) is 29.8 Å². The van der Waals surface area contributed by atoms with Crippen molar-refractivity contribution in [3.8, 4) is 0 Å². The van der Waals surface area contributed by atoms with Crippen LogP contribution in [0.3, 0.4) is 0 Å². The van der Waals surface area contributed by atoms with Gasteiger partial charge in [-0.15, -0.1) is 0 Å². The van der Waals surface area contributed by atoms with Gasteiger partial charge >= 0.3 is 0 Å². The van der Waals surface area contributed by atoms with Gasteiger partial charge in [-0.25, -0.2) is 21.9 Å². The Labute approximate surface area is 105 Å². The SMILES string of the molecule is CC(N)CCCNS(=O)(=O)c1ccc(F)cc1F. The first-order chi connectivity index (χ1) is 8.33. The van der Waals surface area contributed by atoms with E-state index in [9.17, 15) is 17.2 Å². The lowest BCUT2D eigenvalue weighted by Gasteiger charge is -2.08. The second kappa shape index (κ2) is 6.21. The first-order valence-corrected chi connectivity index (χ1v) is 7.01. The van der Waals surface area contributed by atoms with Gasteiger partial charge in [0.25, 0.3) is 0 Å². The van der Waals surface area contributed by atoms with Gasteiger partial charge in [-0.05, 0) is 31.9 Å². The molecule has 0 fully saturated rings. The first-order valence-electron chi connectivity index (χ1n) is 5.53. The monoisotopic (exact) mass is 278 g/mol. The van der Waals surface area contributed by atoms with Crippen LogP contribution in [0, 0.1) is 11.6 Å². The largest absolute Gasteiger partial charge is 0.328 e. The summed E-state index contributed by atoms with van der Waals surface area (Å²) in [5.41, 5.74) is 5.52. The van der Waals surface area contributed by atoms with Gasteiger partial charge < -0.3 is 5.73 Å². The van der Waals surface area contributed by atoms with Crippen LogP contribution in [0.1, 0.15) is 19.8 Å². The fourth-order valence-electron chi connectivity index (χ4n) is 1.40. The van der Waals surface area contributed by atoms with Gasteiger partial charge in [0.15, 0.2) is 0 Å². The molecule has 1 atom stereocenters. The van der Waals surface area contributed by atoms with Crippen LogP contribution in [0.2, 0.25) is 0 Å². The number of nitrogens with one attached hydrogen (secondary N) is 1. The molecule has 0 saturated carbocycles. The van der Waals surface area contributed by atoms with Gasteiger partial charge in [-0.2, -0.15) is 0 Å². The lowest BCUT2D eigenvalue weighted by atomic mass is 10.2. The maximum absolute atomic E-state index is 13.3. The van der Waals surface area contributed by atoms with E-state index in [0.717, 1.165) is 12.1 Å². The van der Waals surface area contributed by atoms with E-state index in [4.69, 9.17) is 5.73 Å². The van der Waals surface area contributed by atoms with Crippen LogP contribution in [0.25, 0.3) is 0 Å². The molecule has 1 rings (SSSR count). The third-order valence-electron chi connectivity index (χ3n) is 2.31. The minimum atomic E-state index is -3.94. The highest BCUT2D eigenvalue weighted by atomic mass is 32.2. The van der Waals surface area contributed by atoms with E-state index in [1.54, 1.807) is 0 Å². The van der Waals surface area contributed by atoms with Crippen molar-refractivity contribution in [2.24, 2.45) is 5.73 Å². The number of nitrogens with two attached hydrogens (primary N) is 1. The zero-order chi connectivity index (χ0) is 13.8. The van der Waals surface area contributed by atoms with E-state index in [1.165, 1.54) is 0 Å². The summed E-state index contributed by atoms with van der Waals surface area (Å²) in [6.07, 6.45) is 1.22. The number of hydrogen-bond acceptors (Lipinski definition) is 3. The van der Waals surface area contributed by atoms with Crippen LogP contribution in [0.5, 0.6) is 0 Å².